The van der Waals surface area contributed by atoms with Crippen molar-refractivity contribution in [3.05, 3.63) is 48.3 Å². The van der Waals surface area contributed by atoms with Gasteiger partial charge in [0.15, 0.2) is 5.96 Å². The van der Waals surface area contributed by atoms with Crippen LogP contribution in [0.3, 0.4) is 0 Å². The van der Waals surface area contributed by atoms with Gasteiger partial charge in [-0.05, 0) is 26.0 Å². The van der Waals surface area contributed by atoms with Crippen molar-refractivity contribution in [2.75, 3.05) is 38.1 Å². The first kappa shape index (κ1) is 23.2. The van der Waals surface area contributed by atoms with E-state index in [0.717, 1.165) is 25.2 Å². The van der Waals surface area contributed by atoms with Crippen molar-refractivity contribution in [1.29, 1.82) is 0 Å². The Bertz CT molecular complexity index is 701. The summed E-state index contributed by atoms with van der Waals surface area (Å²) in [6.45, 7) is 6.37. The highest BCUT2D eigenvalue weighted by molar-refractivity contribution is 14.0. The van der Waals surface area contributed by atoms with E-state index in [1.807, 2.05) is 38.4 Å². The van der Waals surface area contributed by atoms with Crippen molar-refractivity contribution in [3.8, 4) is 0 Å². The normalized spacial score (nSPS) is 13.4. The van der Waals surface area contributed by atoms with E-state index >= 15 is 0 Å². The summed E-state index contributed by atoms with van der Waals surface area (Å²) in [5.74, 6) is 0.693. The molecule has 1 atom stereocenters. The van der Waals surface area contributed by atoms with Gasteiger partial charge in [-0.15, -0.1) is 24.0 Å². The van der Waals surface area contributed by atoms with E-state index in [1.54, 1.807) is 17.8 Å². The Labute approximate surface area is 178 Å². The standard InChI is InChI=1S/C19H30N6O.HI/c1-5-20-18(21-11-12-24(3)17-9-7-6-8-10-17)22-15-19(2,26)16-13-23-25(4)14-16;/h6-10,13-14,26H,5,11-12,15H2,1-4H3,(H2,20,21,22);1H. The lowest BCUT2D eigenvalue weighted by molar-refractivity contribution is 0.0672. The quantitative estimate of drug-likeness (QED) is 0.302. The molecule has 1 aromatic heterocycles. The molecule has 0 fully saturated rings. The van der Waals surface area contributed by atoms with Crippen LogP contribution in [0.1, 0.15) is 19.4 Å². The van der Waals surface area contributed by atoms with Gasteiger partial charge < -0.3 is 20.6 Å². The van der Waals surface area contributed by atoms with Crippen LogP contribution >= 0.6 is 24.0 Å². The highest BCUT2D eigenvalue weighted by Crippen LogP contribution is 2.19. The number of halogens is 1. The number of guanidine groups is 1. The molecule has 0 bridgehead atoms. The average Bonchev–Trinajstić information content (AvgIpc) is 3.08. The molecule has 0 aliphatic carbocycles. The minimum absolute atomic E-state index is 0. The number of benzene rings is 1. The second kappa shape index (κ2) is 11.1. The molecule has 0 saturated heterocycles. The molecule has 1 aromatic carbocycles. The number of likely N-dealkylation sites (N-methyl/N-ethyl adjacent to an activating group) is 1. The first-order chi connectivity index (χ1) is 12.4. The van der Waals surface area contributed by atoms with Gasteiger partial charge in [-0.25, -0.2) is 4.99 Å². The summed E-state index contributed by atoms with van der Waals surface area (Å²) in [6.07, 6.45) is 3.48. The van der Waals surface area contributed by atoms with Crippen LogP contribution < -0.4 is 15.5 Å². The number of nitrogens with one attached hydrogen (secondary N) is 2. The zero-order chi connectivity index (χ0) is 19.0. The predicted octanol–water partition coefficient (Wildman–Crippen LogP) is 1.94. The van der Waals surface area contributed by atoms with Gasteiger partial charge in [0.2, 0.25) is 0 Å². The van der Waals surface area contributed by atoms with E-state index in [1.165, 1.54) is 5.69 Å². The van der Waals surface area contributed by atoms with Crippen LogP contribution in [0.25, 0.3) is 0 Å². The molecule has 27 heavy (non-hydrogen) atoms. The zero-order valence-electron chi connectivity index (χ0n) is 16.5. The summed E-state index contributed by atoms with van der Waals surface area (Å²) >= 11 is 0. The van der Waals surface area contributed by atoms with Crippen LogP contribution in [-0.2, 0) is 12.6 Å². The second-order valence-corrected chi connectivity index (χ2v) is 6.56. The molecule has 1 heterocycles. The first-order valence-electron chi connectivity index (χ1n) is 8.92. The van der Waals surface area contributed by atoms with Crippen LogP contribution in [0.2, 0.25) is 0 Å². The lowest BCUT2D eigenvalue weighted by Crippen LogP contribution is -2.42. The van der Waals surface area contributed by atoms with Gasteiger partial charge >= 0.3 is 0 Å². The fraction of sp³-hybridized carbons (Fsp3) is 0.474. The second-order valence-electron chi connectivity index (χ2n) is 6.56. The molecular formula is C19H31IN6O. The maximum absolute atomic E-state index is 10.7. The van der Waals surface area contributed by atoms with Crippen LogP contribution in [0.5, 0.6) is 0 Å². The van der Waals surface area contributed by atoms with Gasteiger partial charge in [-0.2, -0.15) is 5.10 Å². The predicted molar refractivity (Wildman–Crippen MR) is 122 cm³/mol. The van der Waals surface area contributed by atoms with Gasteiger partial charge in [0.25, 0.3) is 0 Å². The third kappa shape index (κ3) is 7.37. The lowest BCUT2D eigenvalue weighted by Gasteiger charge is -2.22. The van der Waals surface area contributed by atoms with Crippen LogP contribution in [0, 0.1) is 0 Å². The number of aliphatic imine (C=N–C) groups is 1. The molecule has 7 nitrogen and oxygen atoms in total. The van der Waals surface area contributed by atoms with Gasteiger partial charge in [0, 0.05) is 51.2 Å². The fourth-order valence-corrected chi connectivity index (χ4v) is 2.52. The van der Waals surface area contributed by atoms with E-state index in [9.17, 15) is 5.11 Å². The molecule has 2 aromatic rings. The summed E-state index contributed by atoms with van der Waals surface area (Å²) in [5.41, 5.74) is 0.872. The van der Waals surface area contributed by atoms with Gasteiger partial charge in [-0.3, -0.25) is 4.68 Å². The largest absolute Gasteiger partial charge is 0.383 e. The van der Waals surface area contributed by atoms with Crippen LogP contribution in [0.15, 0.2) is 47.7 Å². The monoisotopic (exact) mass is 486 g/mol. The van der Waals surface area contributed by atoms with Crippen LogP contribution in [0.4, 0.5) is 5.69 Å². The molecule has 8 heteroatoms. The Hall–Kier alpha value is -1.81. The smallest absolute Gasteiger partial charge is 0.191 e. The highest BCUT2D eigenvalue weighted by Gasteiger charge is 2.24. The maximum Gasteiger partial charge on any atom is 0.191 e. The third-order valence-electron chi connectivity index (χ3n) is 4.15. The minimum atomic E-state index is -1.06. The molecule has 0 saturated carbocycles. The summed E-state index contributed by atoms with van der Waals surface area (Å²) in [4.78, 5) is 6.71. The van der Waals surface area contributed by atoms with E-state index < -0.39 is 5.60 Å². The van der Waals surface area contributed by atoms with Crippen molar-refractivity contribution in [3.63, 3.8) is 0 Å². The Morgan fingerprint density at radius 3 is 2.59 bits per heavy atom. The summed E-state index contributed by atoms with van der Waals surface area (Å²) in [6, 6.07) is 10.3. The molecule has 0 aliphatic heterocycles. The van der Waals surface area contributed by atoms with Gasteiger partial charge in [0.1, 0.15) is 5.60 Å². The Balaban J connectivity index is 0.00000364. The van der Waals surface area contributed by atoms with Crippen molar-refractivity contribution >= 4 is 35.6 Å². The summed E-state index contributed by atoms with van der Waals surface area (Å²) in [7, 11) is 3.89. The Kier molecular flexibility index (Phi) is 9.57. The van der Waals surface area contributed by atoms with Crippen molar-refractivity contribution < 1.29 is 5.11 Å². The van der Waals surface area contributed by atoms with E-state index in [4.69, 9.17) is 0 Å². The number of nitrogens with zero attached hydrogens (tertiary/aromatic N) is 4. The number of anilines is 1. The molecule has 1 unspecified atom stereocenters. The molecule has 0 amide bonds. The Morgan fingerprint density at radius 2 is 2.00 bits per heavy atom. The number of hydrogen-bond acceptors (Lipinski definition) is 4. The number of para-hydroxylation sites is 1. The lowest BCUT2D eigenvalue weighted by atomic mass is 10.0. The summed E-state index contributed by atoms with van der Waals surface area (Å²) in [5, 5.41) is 21.3. The molecule has 0 spiro atoms. The molecule has 150 valence electrons. The van der Waals surface area contributed by atoms with Gasteiger partial charge in [0.05, 0.1) is 12.7 Å². The zero-order valence-corrected chi connectivity index (χ0v) is 18.8. The first-order valence-corrected chi connectivity index (χ1v) is 8.92. The van der Waals surface area contributed by atoms with Crippen LogP contribution in [-0.4, -0.2) is 54.1 Å². The fourth-order valence-electron chi connectivity index (χ4n) is 2.52. The molecule has 0 aliphatic rings. The molecule has 3 N–H and O–H groups in total. The molecular weight excluding hydrogens is 455 g/mol. The Morgan fingerprint density at radius 1 is 1.30 bits per heavy atom. The van der Waals surface area contributed by atoms with Gasteiger partial charge in [-0.1, -0.05) is 18.2 Å². The number of aryl methyl sites for hydroxylation is 1. The van der Waals surface area contributed by atoms with E-state index in [2.05, 4.69) is 44.8 Å². The SMILES string of the molecule is CCNC(=NCC(C)(O)c1cnn(C)c1)NCCN(C)c1ccccc1.I. The summed E-state index contributed by atoms with van der Waals surface area (Å²) < 4.78 is 1.68. The minimum Gasteiger partial charge on any atom is -0.383 e. The number of rotatable bonds is 8. The van der Waals surface area contributed by atoms with Crippen molar-refractivity contribution in [1.82, 2.24) is 20.4 Å². The van der Waals surface area contributed by atoms with Crippen molar-refractivity contribution in [2.24, 2.45) is 12.0 Å². The average molecular weight is 486 g/mol. The molecule has 2 rings (SSSR count). The topological polar surface area (TPSA) is 77.7 Å². The molecule has 0 radical (unpaired) electrons. The highest BCUT2D eigenvalue weighted by atomic mass is 127. The maximum atomic E-state index is 10.7. The van der Waals surface area contributed by atoms with E-state index in [0.29, 0.717) is 5.96 Å². The number of hydrogen-bond donors (Lipinski definition) is 3. The number of aliphatic hydroxyl groups is 1. The number of aromatic nitrogens is 2. The van der Waals surface area contributed by atoms with Crippen molar-refractivity contribution in [2.45, 2.75) is 19.4 Å². The van der Waals surface area contributed by atoms with E-state index in [-0.39, 0.29) is 30.5 Å². The third-order valence-corrected chi connectivity index (χ3v) is 4.15.